The van der Waals surface area contributed by atoms with Gasteiger partial charge in [-0.25, -0.2) is 5.43 Å². The molecule has 0 spiro atoms. The summed E-state index contributed by atoms with van der Waals surface area (Å²) in [5.74, 6) is 0.980. The van der Waals surface area contributed by atoms with Crippen LogP contribution in [0.4, 0.5) is 0 Å². The Kier molecular flexibility index (Phi) is 5.76. The van der Waals surface area contributed by atoms with Crippen LogP contribution in [0.25, 0.3) is 0 Å². The summed E-state index contributed by atoms with van der Waals surface area (Å²) in [6.45, 7) is 1.97. The van der Waals surface area contributed by atoms with Crippen LogP contribution in [-0.4, -0.2) is 26.3 Å². The van der Waals surface area contributed by atoms with Crippen LogP contribution in [0.2, 0.25) is 0 Å². The number of rotatable bonds is 5. The summed E-state index contributed by atoms with van der Waals surface area (Å²) in [5.41, 5.74) is 4.85. The van der Waals surface area contributed by atoms with Crippen molar-refractivity contribution >= 4 is 28.1 Å². The lowest BCUT2D eigenvalue weighted by Gasteiger charge is -2.09. The van der Waals surface area contributed by atoms with Crippen molar-refractivity contribution in [3.63, 3.8) is 0 Å². The van der Waals surface area contributed by atoms with Crippen LogP contribution in [0, 0.1) is 6.92 Å². The largest absolute Gasteiger partial charge is 0.496 e. The first kappa shape index (κ1) is 17.0. The summed E-state index contributed by atoms with van der Waals surface area (Å²) in [7, 11) is 3.14. The Labute approximate surface area is 143 Å². The van der Waals surface area contributed by atoms with E-state index in [0.29, 0.717) is 22.6 Å². The minimum Gasteiger partial charge on any atom is -0.496 e. The number of hydrogen-bond acceptors (Lipinski definition) is 4. The maximum Gasteiger partial charge on any atom is 0.271 e. The zero-order valence-electron chi connectivity index (χ0n) is 13.1. The minimum absolute atomic E-state index is 0.271. The first-order chi connectivity index (χ1) is 11.0. The van der Waals surface area contributed by atoms with E-state index in [4.69, 9.17) is 9.47 Å². The minimum atomic E-state index is -0.271. The van der Waals surface area contributed by atoms with E-state index in [9.17, 15) is 4.79 Å². The van der Waals surface area contributed by atoms with E-state index in [1.54, 1.807) is 38.5 Å². The number of carbonyl (C=O) groups is 1. The Balaban J connectivity index is 2.12. The second-order valence-corrected chi connectivity index (χ2v) is 5.65. The van der Waals surface area contributed by atoms with Crippen molar-refractivity contribution in [2.24, 2.45) is 5.10 Å². The molecule has 0 heterocycles. The molecule has 0 bridgehead atoms. The molecule has 0 saturated heterocycles. The molecule has 0 fully saturated rings. The third-order valence-corrected chi connectivity index (χ3v) is 3.81. The van der Waals surface area contributed by atoms with Crippen LogP contribution >= 0.6 is 15.9 Å². The summed E-state index contributed by atoms with van der Waals surface area (Å²) in [5, 5.41) is 3.98. The van der Waals surface area contributed by atoms with E-state index in [1.807, 2.05) is 19.1 Å². The lowest BCUT2D eigenvalue weighted by Crippen LogP contribution is -2.17. The molecular formula is C17H17BrN2O3. The zero-order valence-corrected chi connectivity index (χ0v) is 14.7. The number of aryl methyl sites for hydroxylation is 1. The lowest BCUT2D eigenvalue weighted by atomic mass is 10.1. The van der Waals surface area contributed by atoms with Gasteiger partial charge in [0.2, 0.25) is 0 Å². The van der Waals surface area contributed by atoms with Crippen molar-refractivity contribution in [3.8, 4) is 11.5 Å². The van der Waals surface area contributed by atoms with Gasteiger partial charge in [-0.1, -0.05) is 17.7 Å². The van der Waals surface area contributed by atoms with Crippen molar-refractivity contribution in [3.05, 3.63) is 57.6 Å². The third kappa shape index (κ3) is 4.32. The van der Waals surface area contributed by atoms with Crippen molar-refractivity contribution < 1.29 is 14.3 Å². The van der Waals surface area contributed by atoms with Crippen LogP contribution in [0.1, 0.15) is 21.5 Å². The topological polar surface area (TPSA) is 59.9 Å². The highest BCUT2D eigenvalue weighted by Crippen LogP contribution is 2.31. The van der Waals surface area contributed by atoms with E-state index in [1.165, 1.54) is 6.21 Å². The van der Waals surface area contributed by atoms with Crippen LogP contribution in [0.15, 0.2) is 46.0 Å². The molecule has 0 aliphatic carbocycles. The van der Waals surface area contributed by atoms with Gasteiger partial charge in [-0.2, -0.15) is 5.10 Å². The highest BCUT2D eigenvalue weighted by atomic mass is 79.9. The average molecular weight is 377 g/mol. The number of amides is 1. The predicted molar refractivity (Wildman–Crippen MR) is 93.5 cm³/mol. The fourth-order valence-corrected chi connectivity index (χ4v) is 2.44. The Hall–Kier alpha value is -2.34. The Morgan fingerprint density at radius 2 is 1.78 bits per heavy atom. The Morgan fingerprint density at radius 1 is 1.13 bits per heavy atom. The lowest BCUT2D eigenvalue weighted by molar-refractivity contribution is 0.0955. The second kappa shape index (κ2) is 7.78. The number of halogens is 1. The highest BCUT2D eigenvalue weighted by molar-refractivity contribution is 9.10. The van der Waals surface area contributed by atoms with Crippen molar-refractivity contribution in [1.29, 1.82) is 0 Å². The molecular weight excluding hydrogens is 360 g/mol. The van der Waals surface area contributed by atoms with Crippen LogP contribution in [0.5, 0.6) is 11.5 Å². The first-order valence-electron chi connectivity index (χ1n) is 6.86. The highest BCUT2D eigenvalue weighted by Gasteiger charge is 2.08. The monoisotopic (exact) mass is 376 g/mol. The first-order valence-corrected chi connectivity index (χ1v) is 7.66. The van der Waals surface area contributed by atoms with Crippen molar-refractivity contribution in [1.82, 2.24) is 5.43 Å². The van der Waals surface area contributed by atoms with Gasteiger partial charge in [0.15, 0.2) is 0 Å². The second-order valence-electron chi connectivity index (χ2n) is 4.79. The number of nitrogens with one attached hydrogen (secondary N) is 1. The molecule has 2 aromatic carbocycles. The molecule has 0 atom stereocenters. The molecule has 23 heavy (non-hydrogen) atoms. The number of hydrogen-bond donors (Lipinski definition) is 1. The average Bonchev–Trinajstić information content (AvgIpc) is 2.55. The van der Waals surface area contributed by atoms with E-state index in [2.05, 4.69) is 26.5 Å². The molecule has 1 N–H and O–H groups in total. The summed E-state index contributed by atoms with van der Waals surface area (Å²) in [6, 6.07) is 10.8. The normalized spacial score (nSPS) is 10.6. The fourth-order valence-electron chi connectivity index (χ4n) is 1.91. The van der Waals surface area contributed by atoms with Gasteiger partial charge in [0.05, 0.1) is 24.9 Å². The molecule has 0 radical (unpaired) electrons. The van der Waals surface area contributed by atoms with Gasteiger partial charge < -0.3 is 9.47 Å². The van der Waals surface area contributed by atoms with Gasteiger partial charge in [-0.05, 0) is 41.1 Å². The summed E-state index contributed by atoms with van der Waals surface area (Å²) in [6.07, 6.45) is 1.52. The molecule has 0 unspecified atom stereocenters. The van der Waals surface area contributed by atoms with E-state index in [-0.39, 0.29) is 5.91 Å². The van der Waals surface area contributed by atoms with Crippen LogP contribution in [-0.2, 0) is 0 Å². The molecule has 0 aliphatic heterocycles. The standard InChI is InChI=1S/C17H17BrN2O3/c1-11-4-6-12(7-5-11)17(21)20-19-10-13-8-14(18)16(23-3)9-15(13)22-2/h4-10H,1-3H3,(H,20,21)/b19-10+. The van der Waals surface area contributed by atoms with Gasteiger partial charge in [0.1, 0.15) is 11.5 Å². The van der Waals surface area contributed by atoms with E-state index >= 15 is 0 Å². The smallest absolute Gasteiger partial charge is 0.271 e. The van der Waals surface area contributed by atoms with Crippen LogP contribution < -0.4 is 14.9 Å². The molecule has 0 aromatic heterocycles. The fraction of sp³-hybridized carbons (Fsp3) is 0.176. The van der Waals surface area contributed by atoms with Crippen molar-refractivity contribution in [2.45, 2.75) is 6.92 Å². The summed E-state index contributed by atoms with van der Waals surface area (Å²) in [4.78, 5) is 12.0. The van der Waals surface area contributed by atoms with Crippen molar-refractivity contribution in [2.75, 3.05) is 14.2 Å². The van der Waals surface area contributed by atoms with Gasteiger partial charge >= 0.3 is 0 Å². The molecule has 0 aliphatic rings. The third-order valence-electron chi connectivity index (χ3n) is 3.19. The molecule has 120 valence electrons. The van der Waals surface area contributed by atoms with Gasteiger partial charge in [-0.3, -0.25) is 4.79 Å². The molecule has 1 amide bonds. The van der Waals surface area contributed by atoms with Crippen LogP contribution in [0.3, 0.4) is 0 Å². The molecule has 6 heteroatoms. The van der Waals surface area contributed by atoms with Gasteiger partial charge in [0, 0.05) is 17.2 Å². The Bertz CT molecular complexity index is 727. The number of nitrogens with zero attached hydrogens (tertiary/aromatic N) is 1. The number of benzene rings is 2. The number of methoxy groups -OCH3 is 2. The maximum absolute atomic E-state index is 12.0. The summed E-state index contributed by atoms with van der Waals surface area (Å²) >= 11 is 3.41. The Morgan fingerprint density at radius 3 is 2.39 bits per heavy atom. The number of ether oxygens (including phenoxy) is 2. The molecule has 2 aromatic rings. The van der Waals surface area contributed by atoms with Gasteiger partial charge in [-0.15, -0.1) is 0 Å². The molecule has 0 saturated carbocycles. The predicted octanol–water partition coefficient (Wildman–Crippen LogP) is 3.54. The molecule has 2 rings (SSSR count). The number of hydrazone groups is 1. The van der Waals surface area contributed by atoms with Gasteiger partial charge in [0.25, 0.3) is 5.91 Å². The SMILES string of the molecule is COc1cc(OC)c(/C=N/NC(=O)c2ccc(C)cc2)cc1Br. The summed E-state index contributed by atoms with van der Waals surface area (Å²) < 4.78 is 11.3. The van der Waals surface area contributed by atoms with E-state index < -0.39 is 0 Å². The molecule has 5 nitrogen and oxygen atoms in total. The zero-order chi connectivity index (χ0) is 16.8. The number of carbonyl (C=O) groups excluding carboxylic acids is 1. The van der Waals surface area contributed by atoms with E-state index in [0.717, 1.165) is 10.0 Å². The maximum atomic E-state index is 12.0. The quantitative estimate of drug-likeness (QED) is 0.641.